The molecule has 0 aromatic rings. The number of thiocarbonyl (C=S) groups is 1. The minimum atomic E-state index is -0.195. The number of amides is 1. The van der Waals surface area contributed by atoms with Gasteiger partial charge in [0.2, 0.25) is 5.91 Å². The number of hydrogen-bond acceptors (Lipinski definition) is 2. The van der Waals surface area contributed by atoms with E-state index in [0.717, 1.165) is 0 Å². The zero-order valence-corrected chi connectivity index (χ0v) is 11.7. The van der Waals surface area contributed by atoms with Crippen molar-refractivity contribution in [1.82, 2.24) is 16.0 Å². The maximum Gasteiger partial charge on any atom is 0.239 e. The smallest absolute Gasteiger partial charge is 0.239 e. The summed E-state index contributed by atoms with van der Waals surface area (Å²) in [5.41, 5.74) is -0.195. The Kier molecular flexibility index (Phi) is 5.18. The Morgan fingerprint density at radius 1 is 1.29 bits per heavy atom. The van der Waals surface area contributed by atoms with Crippen LogP contribution in [0, 0.1) is 0 Å². The van der Waals surface area contributed by atoms with E-state index in [-0.39, 0.29) is 18.0 Å². The summed E-state index contributed by atoms with van der Waals surface area (Å²) in [4.78, 5) is 11.5. The first-order valence-electron chi connectivity index (χ1n) is 6.22. The standard InChI is InChI=1S/C12H23N3OS/c1-12(2,3)15-10(16)8-13-11(17)14-9-6-4-5-7-9/h9H,4-8H2,1-3H3,(H,15,16)(H2,13,14,17). The Bertz CT molecular complexity index is 280. The molecule has 1 rings (SSSR count). The third-order valence-corrected chi connectivity index (χ3v) is 2.88. The minimum absolute atomic E-state index is 0.0342. The van der Waals surface area contributed by atoms with Gasteiger partial charge in [0.25, 0.3) is 0 Å². The largest absolute Gasteiger partial charge is 0.360 e. The van der Waals surface area contributed by atoms with Gasteiger partial charge >= 0.3 is 0 Å². The van der Waals surface area contributed by atoms with E-state index >= 15 is 0 Å². The second kappa shape index (κ2) is 6.19. The fourth-order valence-corrected chi connectivity index (χ4v) is 2.17. The van der Waals surface area contributed by atoms with E-state index in [1.54, 1.807) is 0 Å². The van der Waals surface area contributed by atoms with Crippen molar-refractivity contribution in [2.75, 3.05) is 6.54 Å². The molecule has 0 heterocycles. The van der Waals surface area contributed by atoms with Crippen molar-refractivity contribution in [1.29, 1.82) is 0 Å². The minimum Gasteiger partial charge on any atom is -0.360 e. The van der Waals surface area contributed by atoms with Crippen molar-refractivity contribution in [2.45, 2.75) is 58.0 Å². The summed E-state index contributed by atoms with van der Waals surface area (Å²) in [6.07, 6.45) is 4.89. The summed E-state index contributed by atoms with van der Waals surface area (Å²) >= 11 is 5.15. The van der Waals surface area contributed by atoms with Gasteiger partial charge in [-0.3, -0.25) is 4.79 Å². The molecule has 0 atom stereocenters. The van der Waals surface area contributed by atoms with Gasteiger partial charge in [0, 0.05) is 11.6 Å². The van der Waals surface area contributed by atoms with Crippen molar-refractivity contribution in [3.8, 4) is 0 Å². The van der Waals surface area contributed by atoms with Crippen LogP contribution in [-0.4, -0.2) is 29.1 Å². The van der Waals surface area contributed by atoms with Crippen LogP contribution in [0.1, 0.15) is 46.5 Å². The van der Waals surface area contributed by atoms with Crippen LogP contribution >= 0.6 is 12.2 Å². The molecule has 1 aliphatic rings. The maximum absolute atomic E-state index is 11.5. The van der Waals surface area contributed by atoms with E-state index in [0.29, 0.717) is 11.2 Å². The molecule has 0 aromatic carbocycles. The highest BCUT2D eigenvalue weighted by molar-refractivity contribution is 7.80. The second-order valence-corrected chi connectivity index (χ2v) is 6.01. The van der Waals surface area contributed by atoms with Crippen molar-refractivity contribution >= 4 is 23.2 Å². The lowest BCUT2D eigenvalue weighted by molar-refractivity contribution is -0.121. The second-order valence-electron chi connectivity index (χ2n) is 5.61. The third-order valence-electron chi connectivity index (χ3n) is 2.61. The number of rotatable bonds is 3. The first kappa shape index (κ1) is 14.2. The van der Waals surface area contributed by atoms with Crippen molar-refractivity contribution in [3.05, 3.63) is 0 Å². The van der Waals surface area contributed by atoms with Crippen LogP contribution < -0.4 is 16.0 Å². The molecule has 98 valence electrons. The highest BCUT2D eigenvalue weighted by Crippen LogP contribution is 2.17. The molecular formula is C12H23N3OS. The lowest BCUT2D eigenvalue weighted by atomic mass is 10.1. The van der Waals surface area contributed by atoms with E-state index in [4.69, 9.17) is 12.2 Å². The summed E-state index contributed by atoms with van der Waals surface area (Å²) in [6.45, 7) is 6.11. The van der Waals surface area contributed by atoms with Crippen molar-refractivity contribution in [3.63, 3.8) is 0 Å². The fourth-order valence-electron chi connectivity index (χ4n) is 1.93. The molecule has 0 radical (unpaired) electrons. The zero-order valence-electron chi connectivity index (χ0n) is 10.9. The molecule has 0 saturated heterocycles. The van der Waals surface area contributed by atoms with Crippen LogP contribution in [0.3, 0.4) is 0 Å². The number of carbonyl (C=O) groups is 1. The van der Waals surface area contributed by atoms with E-state index in [9.17, 15) is 4.79 Å². The highest BCUT2D eigenvalue weighted by Gasteiger charge is 2.16. The molecule has 1 amide bonds. The maximum atomic E-state index is 11.5. The molecule has 1 aliphatic carbocycles. The topological polar surface area (TPSA) is 53.2 Å². The van der Waals surface area contributed by atoms with Crippen LogP contribution in [0.2, 0.25) is 0 Å². The van der Waals surface area contributed by atoms with E-state index in [2.05, 4.69) is 16.0 Å². The van der Waals surface area contributed by atoms with Gasteiger partial charge in [0.1, 0.15) is 0 Å². The van der Waals surface area contributed by atoms with Gasteiger partial charge in [0.05, 0.1) is 6.54 Å². The lowest BCUT2D eigenvalue weighted by Gasteiger charge is -2.21. The third kappa shape index (κ3) is 6.46. The van der Waals surface area contributed by atoms with Gasteiger partial charge in [-0.15, -0.1) is 0 Å². The molecule has 0 bridgehead atoms. The lowest BCUT2D eigenvalue weighted by Crippen LogP contribution is -2.48. The predicted molar refractivity (Wildman–Crippen MR) is 73.9 cm³/mol. The number of carbonyl (C=O) groups excluding carboxylic acids is 1. The predicted octanol–water partition coefficient (Wildman–Crippen LogP) is 1.31. The summed E-state index contributed by atoms with van der Waals surface area (Å²) in [6, 6.07) is 0.487. The molecule has 0 spiro atoms. The Hall–Kier alpha value is -0.840. The molecule has 0 aliphatic heterocycles. The van der Waals surface area contributed by atoms with Crippen LogP contribution in [0.4, 0.5) is 0 Å². The highest BCUT2D eigenvalue weighted by atomic mass is 32.1. The average Bonchev–Trinajstić information content (AvgIpc) is 2.64. The van der Waals surface area contributed by atoms with Gasteiger partial charge < -0.3 is 16.0 Å². The van der Waals surface area contributed by atoms with Crippen LogP contribution in [-0.2, 0) is 4.79 Å². The van der Waals surface area contributed by atoms with Gasteiger partial charge in [-0.1, -0.05) is 12.8 Å². The molecule has 17 heavy (non-hydrogen) atoms. The molecule has 0 unspecified atom stereocenters. The zero-order chi connectivity index (χ0) is 12.9. The molecule has 3 N–H and O–H groups in total. The summed E-state index contributed by atoms with van der Waals surface area (Å²) < 4.78 is 0. The normalized spacial score (nSPS) is 16.6. The fraction of sp³-hybridized carbons (Fsp3) is 0.833. The first-order chi connectivity index (χ1) is 7.87. The average molecular weight is 257 g/mol. The Morgan fingerprint density at radius 2 is 1.88 bits per heavy atom. The summed E-state index contributed by atoms with van der Waals surface area (Å²) in [7, 11) is 0. The molecule has 0 aromatic heterocycles. The van der Waals surface area contributed by atoms with E-state index in [1.807, 2.05) is 20.8 Å². The van der Waals surface area contributed by atoms with Crippen LogP contribution in [0.15, 0.2) is 0 Å². The Labute approximate surface area is 109 Å². The van der Waals surface area contributed by atoms with Gasteiger partial charge in [0.15, 0.2) is 5.11 Å². The molecular weight excluding hydrogens is 234 g/mol. The number of nitrogens with one attached hydrogen (secondary N) is 3. The van der Waals surface area contributed by atoms with E-state index < -0.39 is 0 Å². The van der Waals surface area contributed by atoms with Gasteiger partial charge in [-0.2, -0.15) is 0 Å². The number of hydrogen-bond donors (Lipinski definition) is 3. The van der Waals surface area contributed by atoms with Gasteiger partial charge in [-0.25, -0.2) is 0 Å². The Balaban J connectivity index is 2.16. The molecule has 4 nitrogen and oxygen atoms in total. The molecule has 1 saturated carbocycles. The SMILES string of the molecule is CC(C)(C)NC(=O)CNC(=S)NC1CCCC1. The van der Waals surface area contributed by atoms with E-state index in [1.165, 1.54) is 25.7 Å². The van der Waals surface area contributed by atoms with Crippen LogP contribution in [0.25, 0.3) is 0 Å². The first-order valence-corrected chi connectivity index (χ1v) is 6.63. The van der Waals surface area contributed by atoms with Crippen LogP contribution in [0.5, 0.6) is 0 Å². The van der Waals surface area contributed by atoms with Crippen molar-refractivity contribution < 1.29 is 4.79 Å². The summed E-state index contributed by atoms with van der Waals surface area (Å²) in [5.74, 6) is -0.0342. The quantitative estimate of drug-likeness (QED) is 0.667. The van der Waals surface area contributed by atoms with Crippen molar-refractivity contribution in [2.24, 2.45) is 0 Å². The monoisotopic (exact) mass is 257 g/mol. The molecule has 5 heteroatoms. The summed E-state index contributed by atoms with van der Waals surface area (Å²) in [5, 5.41) is 9.64. The van der Waals surface area contributed by atoms with Gasteiger partial charge in [-0.05, 0) is 45.8 Å². The molecule has 1 fully saturated rings. The Morgan fingerprint density at radius 3 is 2.41 bits per heavy atom.